The molecule has 7 nitrogen and oxygen atoms in total. The molecule has 0 fully saturated rings. The predicted octanol–water partition coefficient (Wildman–Crippen LogP) is 3.36. The van der Waals surface area contributed by atoms with Gasteiger partial charge in [0.1, 0.15) is 11.6 Å². The molecule has 0 aliphatic heterocycles. The van der Waals surface area contributed by atoms with E-state index < -0.39 is 0 Å². The molecule has 3 N–H and O–H groups in total. The van der Waals surface area contributed by atoms with Crippen LogP contribution in [0.5, 0.6) is 17.2 Å². The number of anilines is 2. The zero-order valence-electron chi connectivity index (χ0n) is 15.5. The van der Waals surface area contributed by atoms with Gasteiger partial charge in [-0.1, -0.05) is 18.2 Å². The third kappa shape index (κ3) is 4.38. The molecule has 27 heavy (non-hydrogen) atoms. The first-order valence-electron chi connectivity index (χ1n) is 8.36. The summed E-state index contributed by atoms with van der Waals surface area (Å²) in [5, 5.41) is 3.27. The van der Waals surface area contributed by atoms with E-state index >= 15 is 0 Å². The van der Waals surface area contributed by atoms with E-state index in [1.54, 1.807) is 21.3 Å². The van der Waals surface area contributed by atoms with Crippen LogP contribution in [-0.4, -0.2) is 31.3 Å². The van der Waals surface area contributed by atoms with Crippen molar-refractivity contribution in [2.75, 3.05) is 32.4 Å². The normalized spacial score (nSPS) is 10.3. The SMILES string of the molecule is COc1cccc(-c2cc(NCc3ccc(OC)c(OC)c3)nc(N)n2)c1. The number of aromatic nitrogens is 2. The van der Waals surface area contributed by atoms with E-state index in [1.807, 2.05) is 48.5 Å². The van der Waals surface area contributed by atoms with E-state index in [0.29, 0.717) is 23.9 Å². The van der Waals surface area contributed by atoms with Crippen molar-refractivity contribution in [2.24, 2.45) is 0 Å². The number of hydrogen-bond donors (Lipinski definition) is 2. The summed E-state index contributed by atoms with van der Waals surface area (Å²) in [6.07, 6.45) is 0. The second kappa shape index (κ2) is 8.27. The van der Waals surface area contributed by atoms with Crippen molar-refractivity contribution >= 4 is 11.8 Å². The molecule has 1 aromatic heterocycles. The fourth-order valence-corrected chi connectivity index (χ4v) is 2.67. The third-order valence-corrected chi connectivity index (χ3v) is 4.03. The Balaban J connectivity index is 1.80. The quantitative estimate of drug-likeness (QED) is 0.662. The van der Waals surface area contributed by atoms with E-state index in [-0.39, 0.29) is 5.95 Å². The fraction of sp³-hybridized carbons (Fsp3) is 0.200. The second-order valence-corrected chi connectivity index (χ2v) is 5.77. The Morgan fingerprint density at radius 1 is 0.889 bits per heavy atom. The van der Waals surface area contributed by atoms with Gasteiger partial charge in [0.15, 0.2) is 11.5 Å². The Labute approximate surface area is 158 Å². The van der Waals surface area contributed by atoms with Crippen LogP contribution in [0.3, 0.4) is 0 Å². The number of ether oxygens (including phenoxy) is 3. The summed E-state index contributed by atoms with van der Waals surface area (Å²) in [5.41, 5.74) is 8.53. The minimum atomic E-state index is 0.199. The van der Waals surface area contributed by atoms with Gasteiger partial charge in [0.05, 0.1) is 27.0 Å². The first kappa shape index (κ1) is 18.3. The molecule has 7 heteroatoms. The topological polar surface area (TPSA) is 91.5 Å². The Kier molecular flexibility index (Phi) is 5.61. The lowest BCUT2D eigenvalue weighted by Gasteiger charge is -2.12. The number of benzene rings is 2. The van der Waals surface area contributed by atoms with Crippen LogP contribution in [-0.2, 0) is 6.54 Å². The summed E-state index contributed by atoms with van der Waals surface area (Å²) in [6, 6.07) is 15.2. The van der Waals surface area contributed by atoms with E-state index in [9.17, 15) is 0 Å². The molecule has 1 heterocycles. The number of rotatable bonds is 7. The zero-order valence-corrected chi connectivity index (χ0v) is 15.5. The average Bonchev–Trinajstić information content (AvgIpc) is 2.71. The lowest BCUT2D eigenvalue weighted by Crippen LogP contribution is -2.05. The molecular formula is C20H22N4O3. The highest BCUT2D eigenvalue weighted by Gasteiger charge is 2.08. The molecule has 0 saturated heterocycles. The van der Waals surface area contributed by atoms with Gasteiger partial charge in [-0.25, -0.2) is 4.98 Å². The van der Waals surface area contributed by atoms with Gasteiger partial charge in [0.25, 0.3) is 0 Å². The molecule has 2 aromatic carbocycles. The maximum absolute atomic E-state index is 5.89. The second-order valence-electron chi connectivity index (χ2n) is 5.77. The molecule has 0 saturated carbocycles. The average molecular weight is 366 g/mol. The van der Waals surface area contributed by atoms with Gasteiger partial charge in [0, 0.05) is 18.2 Å². The first-order chi connectivity index (χ1) is 13.1. The molecule has 0 spiro atoms. The third-order valence-electron chi connectivity index (χ3n) is 4.03. The Morgan fingerprint density at radius 2 is 1.70 bits per heavy atom. The summed E-state index contributed by atoms with van der Waals surface area (Å²) in [5.74, 6) is 2.95. The monoisotopic (exact) mass is 366 g/mol. The number of methoxy groups -OCH3 is 3. The molecule has 0 unspecified atom stereocenters. The molecule has 0 radical (unpaired) electrons. The van der Waals surface area contributed by atoms with Crippen molar-refractivity contribution in [3.8, 4) is 28.5 Å². The summed E-state index contributed by atoms with van der Waals surface area (Å²) in [7, 11) is 4.85. The van der Waals surface area contributed by atoms with Crippen LogP contribution < -0.4 is 25.3 Å². The standard InChI is InChI=1S/C20H22N4O3/c1-25-15-6-4-5-14(10-15)16-11-19(24-20(21)23-16)22-12-13-7-8-17(26-2)18(9-13)27-3/h4-11H,12H2,1-3H3,(H3,21,22,23,24). The Hall–Kier alpha value is -3.48. The Bertz CT molecular complexity index is 931. The van der Waals surface area contributed by atoms with Gasteiger partial charge in [-0.3, -0.25) is 0 Å². The van der Waals surface area contributed by atoms with Crippen LogP contribution in [0.25, 0.3) is 11.3 Å². The predicted molar refractivity (Wildman–Crippen MR) is 105 cm³/mol. The van der Waals surface area contributed by atoms with E-state index in [2.05, 4.69) is 15.3 Å². The molecule has 0 bridgehead atoms. The Morgan fingerprint density at radius 3 is 2.44 bits per heavy atom. The highest BCUT2D eigenvalue weighted by atomic mass is 16.5. The van der Waals surface area contributed by atoms with Crippen molar-refractivity contribution in [2.45, 2.75) is 6.54 Å². The number of nitrogens with one attached hydrogen (secondary N) is 1. The van der Waals surface area contributed by atoms with Crippen LogP contribution in [0, 0.1) is 0 Å². The maximum atomic E-state index is 5.89. The van der Waals surface area contributed by atoms with Gasteiger partial charge >= 0.3 is 0 Å². The summed E-state index contributed by atoms with van der Waals surface area (Å²) >= 11 is 0. The maximum Gasteiger partial charge on any atom is 0.222 e. The van der Waals surface area contributed by atoms with Crippen molar-refractivity contribution in [3.63, 3.8) is 0 Å². The smallest absolute Gasteiger partial charge is 0.222 e. The molecule has 3 aromatic rings. The van der Waals surface area contributed by atoms with Crippen molar-refractivity contribution in [3.05, 3.63) is 54.1 Å². The number of nitrogens with zero attached hydrogens (tertiary/aromatic N) is 2. The van der Waals surface area contributed by atoms with Gasteiger partial charge in [-0.15, -0.1) is 0 Å². The van der Waals surface area contributed by atoms with E-state index in [1.165, 1.54) is 0 Å². The largest absolute Gasteiger partial charge is 0.497 e. The van der Waals surface area contributed by atoms with Gasteiger partial charge in [-0.2, -0.15) is 4.98 Å². The van der Waals surface area contributed by atoms with Gasteiger partial charge in [-0.05, 0) is 29.8 Å². The number of hydrogen-bond acceptors (Lipinski definition) is 7. The van der Waals surface area contributed by atoms with Crippen molar-refractivity contribution in [1.29, 1.82) is 0 Å². The van der Waals surface area contributed by atoms with Crippen LogP contribution in [0.4, 0.5) is 11.8 Å². The van der Waals surface area contributed by atoms with E-state index in [0.717, 1.165) is 22.6 Å². The van der Waals surface area contributed by atoms with Crippen LogP contribution >= 0.6 is 0 Å². The molecule has 140 valence electrons. The summed E-state index contributed by atoms with van der Waals surface area (Å²) in [4.78, 5) is 8.58. The van der Waals surface area contributed by atoms with Crippen molar-refractivity contribution in [1.82, 2.24) is 9.97 Å². The van der Waals surface area contributed by atoms with Crippen LogP contribution in [0.15, 0.2) is 48.5 Å². The molecule has 0 aliphatic rings. The van der Waals surface area contributed by atoms with Crippen LogP contribution in [0.1, 0.15) is 5.56 Å². The lowest BCUT2D eigenvalue weighted by atomic mass is 10.1. The fourth-order valence-electron chi connectivity index (χ4n) is 2.67. The minimum Gasteiger partial charge on any atom is -0.497 e. The van der Waals surface area contributed by atoms with Gasteiger partial charge < -0.3 is 25.3 Å². The molecular weight excluding hydrogens is 344 g/mol. The van der Waals surface area contributed by atoms with Crippen molar-refractivity contribution < 1.29 is 14.2 Å². The van der Waals surface area contributed by atoms with Crippen LogP contribution in [0.2, 0.25) is 0 Å². The van der Waals surface area contributed by atoms with Gasteiger partial charge in [0.2, 0.25) is 5.95 Å². The number of nitrogen functional groups attached to an aromatic ring is 1. The lowest BCUT2D eigenvalue weighted by molar-refractivity contribution is 0.354. The molecule has 0 aliphatic carbocycles. The first-order valence-corrected chi connectivity index (χ1v) is 8.36. The highest BCUT2D eigenvalue weighted by Crippen LogP contribution is 2.28. The van der Waals surface area contributed by atoms with E-state index in [4.69, 9.17) is 19.9 Å². The molecule has 3 rings (SSSR count). The number of nitrogens with two attached hydrogens (primary N) is 1. The minimum absolute atomic E-state index is 0.199. The molecule has 0 atom stereocenters. The molecule has 0 amide bonds. The summed E-state index contributed by atoms with van der Waals surface area (Å²) in [6.45, 7) is 0.550. The zero-order chi connectivity index (χ0) is 19.2. The summed E-state index contributed by atoms with van der Waals surface area (Å²) < 4.78 is 15.9. The highest BCUT2D eigenvalue weighted by molar-refractivity contribution is 5.65.